The number of esters is 1. The SMILES string of the molecule is CC[C@H]1OC(=O)[C@@](C)(F)C(=O)[C@H](C)[C@@H](O[C@@H]2O[C@H](C)C[C@H](N(C)C)[C@H]2O)[C@](C)(OC)C[C@@H](C)C(=O)[C@H](C)[C@H]2N(CCCOC(=O)Nc3cccc(F)c3C)C(=O)O[C@]12C. The molecule has 332 valence electrons. The molecule has 1 aromatic rings. The van der Waals surface area contributed by atoms with Gasteiger partial charge in [0.25, 0.3) is 5.67 Å². The van der Waals surface area contributed by atoms with Gasteiger partial charge in [0, 0.05) is 48.7 Å². The van der Waals surface area contributed by atoms with Gasteiger partial charge < -0.3 is 43.3 Å². The number of hydrogen-bond donors (Lipinski definition) is 2. The van der Waals surface area contributed by atoms with Gasteiger partial charge in [0.05, 0.1) is 30.5 Å². The van der Waals surface area contributed by atoms with Crippen molar-refractivity contribution in [2.24, 2.45) is 17.8 Å². The van der Waals surface area contributed by atoms with Crippen LogP contribution >= 0.6 is 0 Å². The van der Waals surface area contributed by atoms with Gasteiger partial charge in [0.1, 0.15) is 23.8 Å². The summed E-state index contributed by atoms with van der Waals surface area (Å²) in [4.78, 5) is 72.1. The smallest absolute Gasteiger partial charge is 0.411 e. The number of rotatable bonds is 10. The van der Waals surface area contributed by atoms with Crippen molar-refractivity contribution in [1.29, 1.82) is 0 Å². The number of ether oxygens (including phenoxy) is 6. The number of likely N-dealkylation sites (N-methyl/N-ethyl adjacent to an activating group) is 1. The van der Waals surface area contributed by atoms with Gasteiger partial charge in [-0.05, 0) is 86.5 Å². The number of fused-ring (bicyclic) bond motifs is 1. The van der Waals surface area contributed by atoms with Crippen molar-refractivity contribution in [1.82, 2.24) is 9.80 Å². The van der Waals surface area contributed by atoms with Crippen molar-refractivity contribution in [3.63, 3.8) is 0 Å². The molecule has 1 aromatic carbocycles. The molecule has 0 saturated carbocycles. The third kappa shape index (κ3) is 9.90. The third-order valence-electron chi connectivity index (χ3n) is 12.5. The van der Waals surface area contributed by atoms with Crippen LogP contribution in [-0.4, -0.2) is 139 Å². The fourth-order valence-electron chi connectivity index (χ4n) is 9.00. The number of nitrogens with one attached hydrogen (secondary N) is 1. The summed E-state index contributed by atoms with van der Waals surface area (Å²) >= 11 is 0. The topological polar surface area (TPSA) is 179 Å². The van der Waals surface area contributed by atoms with Gasteiger partial charge in [-0.1, -0.05) is 33.8 Å². The molecule has 3 heterocycles. The number of Topliss-reactive ketones (excluding diaryl/α,β-unsaturated/α-hetero) is 2. The van der Waals surface area contributed by atoms with Crippen LogP contribution in [0.2, 0.25) is 0 Å². The first-order chi connectivity index (χ1) is 27.4. The summed E-state index contributed by atoms with van der Waals surface area (Å²) in [6.07, 6.45) is -6.71. The highest BCUT2D eigenvalue weighted by atomic mass is 19.1. The summed E-state index contributed by atoms with van der Waals surface area (Å²) in [5, 5.41) is 13.9. The van der Waals surface area contributed by atoms with Crippen molar-refractivity contribution in [3.05, 3.63) is 29.6 Å². The van der Waals surface area contributed by atoms with Crippen LogP contribution < -0.4 is 5.32 Å². The van der Waals surface area contributed by atoms with Crippen LogP contribution in [0.25, 0.3) is 0 Å². The Hall–Kier alpha value is -3.77. The number of aliphatic hydroxyl groups excluding tert-OH is 1. The molecule has 0 bridgehead atoms. The normalized spacial score (nSPS) is 37.4. The second-order valence-electron chi connectivity index (χ2n) is 17.1. The van der Waals surface area contributed by atoms with Gasteiger partial charge in [-0.2, -0.15) is 0 Å². The van der Waals surface area contributed by atoms with Crippen molar-refractivity contribution in [2.75, 3.05) is 39.7 Å². The molecule has 4 rings (SSSR count). The average Bonchev–Trinajstić information content (AvgIpc) is 3.44. The Bertz CT molecular complexity index is 1710. The van der Waals surface area contributed by atoms with Crippen molar-refractivity contribution in [2.45, 2.75) is 148 Å². The van der Waals surface area contributed by atoms with Crippen LogP contribution in [0.15, 0.2) is 18.2 Å². The molecule has 15 nitrogen and oxygen atoms in total. The highest BCUT2D eigenvalue weighted by Crippen LogP contribution is 2.43. The Morgan fingerprint density at radius 1 is 1.08 bits per heavy atom. The van der Waals surface area contributed by atoms with E-state index >= 15 is 4.39 Å². The maximum atomic E-state index is 16.8. The van der Waals surface area contributed by atoms with E-state index in [4.69, 9.17) is 28.4 Å². The minimum Gasteiger partial charge on any atom is -0.455 e. The first kappa shape index (κ1) is 47.9. The molecule has 2 amide bonds. The molecule has 17 heteroatoms. The lowest BCUT2D eigenvalue weighted by molar-refractivity contribution is -0.295. The summed E-state index contributed by atoms with van der Waals surface area (Å²) in [6, 6.07) is 2.75. The number of alkyl halides is 1. The standard InChI is InChI=1S/C42H63F2N3O12/c1-13-30-42(9)33(47(39(53)59-42)18-15-19-55-38(52)45-28-17-14-16-27(43)24(28)4)25(5)31(48)22(2)21-40(7,54-12)35(26(6)34(50)41(8,44)37(51)57-30)58-36-32(49)29(46(10)11)20-23(3)56-36/h14,16-17,22-23,25-26,29-30,32-33,35-36,49H,13,15,18-21H2,1-12H3,(H,45,52)/t22-,23-,25+,26+,29+,30-,32-,33-,35-,36+,40-,41+,42-/m1/s1. The van der Waals surface area contributed by atoms with Gasteiger partial charge in [-0.3, -0.25) is 14.9 Å². The number of hydrogen-bond acceptors (Lipinski definition) is 13. The molecule has 0 aliphatic carbocycles. The minimum atomic E-state index is -3.23. The number of anilines is 1. The Kier molecular flexibility index (Phi) is 15.3. The molecule has 3 aliphatic rings. The largest absolute Gasteiger partial charge is 0.455 e. The van der Waals surface area contributed by atoms with E-state index in [1.807, 2.05) is 11.8 Å². The van der Waals surface area contributed by atoms with Crippen LogP contribution in [0.1, 0.15) is 86.6 Å². The van der Waals surface area contributed by atoms with E-state index in [1.165, 1.54) is 51.0 Å². The number of nitrogens with zero attached hydrogens (tertiary/aromatic N) is 2. The van der Waals surface area contributed by atoms with Crippen LogP contribution in [0.4, 0.5) is 24.1 Å². The first-order valence-electron chi connectivity index (χ1n) is 20.3. The Morgan fingerprint density at radius 2 is 1.75 bits per heavy atom. The number of ketones is 2. The Labute approximate surface area is 345 Å². The third-order valence-corrected chi connectivity index (χ3v) is 12.5. The van der Waals surface area contributed by atoms with E-state index in [-0.39, 0.29) is 55.6 Å². The quantitative estimate of drug-likeness (QED) is 0.133. The maximum absolute atomic E-state index is 16.8. The van der Waals surface area contributed by atoms with Crippen LogP contribution in [0, 0.1) is 30.5 Å². The van der Waals surface area contributed by atoms with Crippen molar-refractivity contribution in [3.8, 4) is 0 Å². The van der Waals surface area contributed by atoms with Crippen LogP contribution in [0.5, 0.6) is 0 Å². The van der Waals surface area contributed by atoms with Crippen LogP contribution in [0.3, 0.4) is 0 Å². The predicted molar refractivity (Wildman–Crippen MR) is 211 cm³/mol. The van der Waals surface area contributed by atoms with E-state index in [0.717, 1.165) is 6.92 Å². The van der Waals surface area contributed by atoms with Crippen molar-refractivity contribution < 1.29 is 66.3 Å². The van der Waals surface area contributed by atoms with Gasteiger partial charge in [0.2, 0.25) is 0 Å². The average molecular weight is 840 g/mol. The zero-order valence-corrected chi connectivity index (χ0v) is 36.3. The summed E-state index contributed by atoms with van der Waals surface area (Å²) in [7, 11) is 4.96. The van der Waals surface area contributed by atoms with E-state index in [1.54, 1.807) is 41.8 Å². The number of carbonyl (C=O) groups is 5. The predicted octanol–water partition coefficient (Wildman–Crippen LogP) is 5.37. The summed E-state index contributed by atoms with van der Waals surface area (Å²) in [5.41, 5.74) is -6.00. The van der Waals surface area contributed by atoms with Gasteiger partial charge in [-0.25, -0.2) is 23.2 Å². The van der Waals surface area contributed by atoms with E-state index in [9.17, 15) is 33.5 Å². The van der Waals surface area contributed by atoms with E-state index < -0.39 is 101 Å². The molecule has 3 saturated heterocycles. The summed E-state index contributed by atoms with van der Waals surface area (Å²) < 4.78 is 66.4. The van der Waals surface area contributed by atoms with Gasteiger partial charge in [-0.15, -0.1) is 0 Å². The fraction of sp³-hybridized carbons (Fsp3) is 0.738. The molecule has 13 atom stereocenters. The molecular weight excluding hydrogens is 776 g/mol. The second kappa shape index (κ2) is 18.9. The number of carbonyl (C=O) groups excluding carboxylic acids is 5. The van der Waals surface area contributed by atoms with E-state index in [2.05, 4.69) is 5.32 Å². The zero-order valence-electron chi connectivity index (χ0n) is 36.3. The van der Waals surface area contributed by atoms with Gasteiger partial charge >= 0.3 is 18.2 Å². The zero-order chi connectivity index (χ0) is 44.4. The minimum absolute atomic E-state index is 0.00847. The number of halogens is 2. The highest BCUT2D eigenvalue weighted by molar-refractivity contribution is 6.08. The fourth-order valence-corrected chi connectivity index (χ4v) is 9.00. The highest BCUT2D eigenvalue weighted by Gasteiger charge is 2.61. The van der Waals surface area contributed by atoms with Crippen molar-refractivity contribution >= 4 is 35.4 Å². The first-order valence-corrected chi connectivity index (χ1v) is 20.3. The summed E-state index contributed by atoms with van der Waals surface area (Å²) in [5.74, 6) is -6.75. The molecule has 3 fully saturated rings. The number of amides is 2. The van der Waals surface area contributed by atoms with E-state index in [0.29, 0.717) is 6.42 Å². The Morgan fingerprint density at radius 3 is 2.36 bits per heavy atom. The maximum Gasteiger partial charge on any atom is 0.411 e. The molecule has 0 radical (unpaired) electrons. The Balaban J connectivity index is 1.68. The lowest BCUT2D eigenvalue weighted by atomic mass is 9.73. The monoisotopic (exact) mass is 839 g/mol. The summed E-state index contributed by atoms with van der Waals surface area (Å²) in [6.45, 7) is 13.3. The number of benzene rings is 1. The molecule has 0 spiro atoms. The number of aliphatic hydroxyl groups is 1. The molecule has 3 aliphatic heterocycles. The molecule has 59 heavy (non-hydrogen) atoms. The molecular formula is C42H63F2N3O12. The molecule has 2 N–H and O–H groups in total. The molecule has 0 aromatic heterocycles. The number of cyclic esters (lactones) is 1. The lowest BCUT2D eigenvalue weighted by Crippen LogP contribution is -2.61. The lowest BCUT2D eigenvalue weighted by Gasteiger charge is -2.47. The van der Waals surface area contributed by atoms with Crippen LogP contribution in [-0.2, 0) is 42.8 Å². The van der Waals surface area contributed by atoms with Gasteiger partial charge in [0.15, 0.2) is 17.7 Å². The number of methoxy groups -OCH3 is 1. The molecule has 0 unspecified atom stereocenters. The second-order valence-corrected chi connectivity index (χ2v) is 17.1.